The molecule has 0 amide bonds. The van der Waals surface area contributed by atoms with Crippen molar-refractivity contribution < 1.29 is 4.39 Å². The first-order chi connectivity index (χ1) is 10.8. The molecule has 22 heavy (non-hydrogen) atoms. The Morgan fingerprint density at radius 2 is 2.00 bits per heavy atom. The SMILES string of the molecule is Fc1ccc(C2(CNCc3cnc4ccnn4c3)CC2)cc1. The van der Waals surface area contributed by atoms with E-state index in [1.165, 1.54) is 5.56 Å². The van der Waals surface area contributed by atoms with Crippen molar-refractivity contribution in [1.29, 1.82) is 0 Å². The van der Waals surface area contributed by atoms with Gasteiger partial charge in [0.05, 0.1) is 6.20 Å². The average Bonchev–Trinajstić information content (AvgIpc) is 3.17. The normalized spacial score (nSPS) is 16.0. The van der Waals surface area contributed by atoms with Gasteiger partial charge < -0.3 is 5.32 Å². The molecular formula is C17H17FN4. The van der Waals surface area contributed by atoms with Crippen LogP contribution < -0.4 is 5.32 Å². The van der Waals surface area contributed by atoms with Crippen molar-refractivity contribution in [2.24, 2.45) is 0 Å². The monoisotopic (exact) mass is 296 g/mol. The number of nitrogens with zero attached hydrogens (tertiary/aromatic N) is 3. The van der Waals surface area contributed by atoms with Crippen LogP contribution in [0.15, 0.2) is 48.9 Å². The molecule has 2 aromatic heterocycles. The molecule has 1 aliphatic rings. The summed E-state index contributed by atoms with van der Waals surface area (Å²) in [6.07, 6.45) is 7.92. The van der Waals surface area contributed by atoms with E-state index in [9.17, 15) is 4.39 Å². The number of aromatic nitrogens is 3. The summed E-state index contributed by atoms with van der Waals surface area (Å²) in [4.78, 5) is 4.36. The molecule has 1 fully saturated rings. The van der Waals surface area contributed by atoms with Crippen LogP contribution in [0.4, 0.5) is 4.39 Å². The van der Waals surface area contributed by atoms with Gasteiger partial charge in [-0.1, -0.05) is 12.1 Å². The zero-order chi connectivity index (χ0) is 15.0. The number of fused-ring (bicyclic) bond motifs is 1. The molecule has 0 atom stereocenters. The minimum atomic E-state index is -0.175. The van der Waals surface area contributed by atoms with Crippen LogP contribution >= 0.6 is 0 Å². The summed E-state index contributed by atoms with van der Waals surface area (Å²) >= 11 is 0. The second-order valence-corrected chi connectivity index (χ2v) is 5.99. The maximum absolute atomic E-state index is 13.0. The van der Waals surface area contributed by atoms with Crippen molar-refractivity contribution in [3.05, 3.63) is 65.9 Å². The third kappa shape index (κ3) is 2.48. The van der Waals surface area contributed by atoms with Gasteiger partial charge in [0.2, 0.25) is 0 Å². The highest BCUT2D eigenvalue weighted by atomic mass is 19.1. The molecule has 0 bridgehead atoms. The summed E-state index contributed by atoms with van der Waals surface area (Å²) in [5.41, 5.74) is 3.36. The second kappa shape index (κ2) is 5.18. The molecule has 0 radical (unpaired) electrons. The summed E-state index contributed by atoms with van der Waals surface area (Å²) in [5, 5.41) is 7.69. The van der Waals surface area contributed by atoms with E-state index in [0.29, 0.717) is 0 Å². The summed E-state index contributed by atoms with van der Waals surface area (Å²) in [5.74, 6) is -0.175. The molecule has 0 aliphatic heterocycles. The summed E-state index contributed by atoms with van der Waals surface area (Å²) in [6.45, 7) is 1.65. The summed E-state index contributed by atoms with van der Waals surface area (Å²) in [7, 11) is 0. The Morgan fingerprint density at radius 3 is 2.77 bits per heavy atom. The Kier molecular flexibility index (Phi) is 3.15. The van der Waals surface area contributed by atoms with Gasteiger partial charge in [0.25, 0.3) is 0 Å². The van der Waals surface area contributed by atoms with Gasteiger partial charge in [0, 0.05) is 42.5 Å². The molecule has 1 aromatic carbocycles. The Balaban J connectivity index is 1.41. The summed E-state index contributed by atoms with van der Waals surface area (Å²) < 4.78 is 14.8. The number of nitrogens with one attached hydrogen (secondary N) is 1. The van der Waals surface area contributed by atoms with Gasteiger partial charge in [-0.2, -0.15) is 5.10 Å². The van der Waals surface area contributed by atoms with Crippen LogP contribution in [-0.4, -0.2) is 21.1 Å². The Labute approximate surface area is 128 Å². The molecule has 5 heteroatoms. The van der Waals surface area contributed by atoms with E-state index in [1.54, 1.807) is 22.8 Å². The molecule has 1 N–H and O–H groups in total. The van der Waals surface area contributed by atoms with E-state index in [4.69, 9.17) is 0 Å². The lowest BCUT2D eigenvalue weighted by molar-refractivity contribution is 0.569. The molecule has 1 saturated carbocycles. The number of rotatable bonds is 5. The molecule has 0 saturated heterocycles. The van der Waals surface area contributed by atoms with E-state index in [2.05, 4.69) is 15.4 Å². The van der Waals surface area contributed by atoms with E-state index < -0.39 is 0 Å². The summed E-state index contributed by atoms with van der Waals surface area (Å²) in [6, 6.07) is 8.78. The van der Waals surface area contributed by atoms with Crippen LogP contribution in [0.1, 0.15) is 24.0 Å². The van der Waals surface area contributed by atoms with Gasteiger partial charge in [0.15, 0.2) is 5.65 Å². The van der Waals surface area contributed by atoms with Gasteiger partial charge in [-0.3, -0.25) is 0 Å². The fourth-order valence-corrected chi connectivity index (χ4v) is 2.91. The van der Waals surface area contributed by atoms with Gasteiger partial charge in [-0.15, -0.1) is 0 Å². The predicted molar refractivity (Wildman–Crippen MR) is 82.0 cm³/mol. The van der Waals surface area contributed by atoms with Crippen molar-refractivity contribution in [1.82, 2.24) is 19.9 Å². The molecule has 4 rings (SSSR count). The van der Waals surface area contributed by atoms with Crippen LogP contribution in [0.25, 0.3) is 5.65 Å². The second-order valence-electron chi connectivity index (χ2n) is 5.99. The van der Waals surface area contributed by atoms with Crippen molar-refractivity contribution >= 4 is 5.65 Å². The third-order valence-corrected chi connectivity index (χ3v) is 4.40. The van der Waals surface area contributed by atoms with Crippen LogP contribution in [0.5, 0.6) is 0 Å². The average molecular weight is 296 g/mol. The molecular weight excluding hydrogens is 279 g/mol. The maximum Gasteiger partial charge on any atom is 0.154 e. The van der Waals surface area contributed by atoms with Crippen LogP contribution in [0.3, 0.4) is 0 Å². The highest BCUT2D eigenvalue weighted by molar-refractivity contribution is 5.36. The van der Waals surface area contributed by atoms with Gasteiger partial charge >= 0.3 is 0 Å². The van der Waals surface area contributed by atoms with E-state index in [-0.39, 0.29) is 11.2 Å². The molecule has 4 nitrogen and oxygen atoms in total. The number of hydrogen-bond acceptors (Lipinski definition) is 3. The lowest BCUT2D eigenvalue weighted by Crippen LogP contribution is -2.26. The Hall–Kier alpha value is -2.27. The van der Waals surface area contributed by atoms with Crippen molar-refractivity contribution in [3.8, 4) is 0 Å². The largest absolute Gasteiger partial charge is 0.312 e. The maximum atomic E-state index is 13.0. The van der Waals surface area contributed by atoms with Crippen LogP contribution in [-0.2, 0) is 12.0 Å². The highest BCUT2D eigenvalue weighted by Gasteiger charge is 2.43. The smallest absolute Gasteiger partial charge is 0.154 e. The fraction of sp³-hybridized carbons (Fsp3) is 0.294. The number of halogens is 1. The standard InChI is InChI=1S/C17H17FN4/c18-15-3-1-14(2-4-15)17(6-7-17)12-19-9-13-10-20-16-5-8-21-22(16)11-13/h1-5,8,10-11,19H,6-7,9,12H2. The lowest BCUT2D eigenvalue weighted by Gasteiger charge is -2.16. The Bertz CT molecular complexity index is 790. The van der Waals surface area contributed by atoms with Gasteiger partial charge in [0.1, 0.15) is 5.82 Å². The minimum Gasteiger partial charge on any atom is -0.312 e. The highest BCUT2D eigenvalue weighted by Crippen LogP contribution is 2.47. The number of benzene rings is 1. The van der Waals surface area contributed by atoms with E-state index in [0.717, 1.165) is 37.1 Å². The van der Waals surface area contributed by atoms with Crippen molar-refractivity contribution in [2.45, 2.75) is 24.8 Å². The first kappa shape index (κ1) is 13.4. The zero-order valence-electron chi connectivity index (χ0n) is 12.2. The molecule has 0 spiro atoms. The van der Waals surface area contributed by atoms with E-state index in [1.807, 2.05) is 30.6 Å². The van der Waals surface area contributed by atoms with Crippen LogP contribution in [0.2, 0.25) is 0 Å². The minimum absolute atomic E-state index is 0.175. The van der Waals surface area contributed by atoms with Crippen LogP contribution in [0, 0.1) is 5.82 Å². The quantitative estimate of drug-likeness (QED) is 0.787. The molecule has 1 aliphatic carbocycles. The third-order valence-electron chi connectivity index (χ3n) is 4.40. The molecule has 2 heterocycles. The molecule has 112 valence electrons. The molecule has 3 aromatic rings. The van der Waals surface area contributed by atoms with Crippen molar-refractivity contribution in [3.63, 3.8) is 0 Å². The van der Waals surface area contributed by atoms with Gasteiger partial charge in [-0.25, -0.2) is 13.9 Å². The zero-order valence-corrected chi connectivity index (χ0v) is 12.2. The number of hydrogen-bond donors (Lipinski definition) is 1. The Morgan fingerprint density at radius 1 is 1.18 bits per heavy atom. The first-order valence-corrected chi connectivity index (χ1v) is 7.50. The first-order valence-electron chi connectivity index (χ1n) is 7.50. The van der Waals surface area contributed by atoms with E-state index >= 15 is 0 Å². The predicted octanol–water partition coefficient (Wildman–Crippen LogP) is 2.69. The topological polar surface area (TPSA) is 42.2 Å². The molecule has 0 unspecified atom stereocenters. The van der Waals surface area contributed by atoms with Gasteiger partial charge in [-0.05, 0) is 30.5 Å². The fourth-order valence-electron chi connectivity index (χ4n) is 2.91. The lowest BCUT2D eigenvalue weighted by atomic mass is 9.96. The van der Waals surface area contributed by atoms with Crippen molar-refractivity contribution in [2.75, 3.05) is 6.54 Å².